The van der Waals surface area contributed by atoms with Crippen LogP contribution in [-0.2, 0) is 0 Å². The zero-order chi connectivity index (χ0) is 11.1. The SMILES string of the molecule is COc1cc(OC)cc(OCCCF)c1. The summed E-state index contributed by atoms with van der Waals surface area (Å²) in [5, 5.41) is 0. The number of alkyl halides is 1. The summed E-state index contributed by atoms with van der Waals surface area (Å²) in [5.74, 6) is 1.94. The Morgan fingerprint density at radius 3 is 2.00 bits per heavy atom. The standard InChI is InChI=1S/C11H15FO3/c1-13-9-6-10(14-2)8-11(7-9)15-5-3-4-12/h6-8H,3-5H2,1-2H3. The predicted octanol–water partition coefficient (Wildman–Crippen LogP) is 2.44. The first kappa shape index (κ1) is 11.6. The molecule has 1 aromatic rings. The largest absolute Gasteiger partial charge is 0.496 e. The third-order valence-corrected chi connectivity index (χ3v) is 1.87. The van der Waals surface area contributed by atoms with Gasteiger partial charge in [-0.05, 0) is 0 Å². The molecule has 3 nitrogen and oxygen atoms in total. The van der Waals surface area contributed by atoms with Crippen LogP contribution in [0.3, 0.4) is 0 Å². The van der Waals surface area contributed by atoms with E-state index in [1.54, 1.807) is 32.4 Å². The fraction of sp³-hybridized carbons (Fsp3) is 0.455. The number of benzene rings is 1. The maximum absolute atomic E-state index is 11.9. The van der Waals surface area contributed by atoms with E-state index in [9.17, 15) is 4.39 Å². The lowest BCUT2D eigenvalue weighted by Crippen LogP contribution is -1.99. The minimum atomic E-state index is -0.374. The molecule has 0 saturated carbocycles. The first-order valence-corrected chi connectivity index (χ1v) is 4.72. The molecule has 0 unspecified atom stereocenters. The second kappa shape index (κ2) is 6.11. The quantitative estimate of drug-likeness (QED) is 0.681. The van der Waals surface area contributed by atoms with E-state index < -0.39 is 0 Å². The maximum Gasteiger partial charge on any atom is 0.126 e. The van der Waals surface area contributed by atoms with E-state index >= 15 is 0 Å². The Hall–Kier alpha value is -1.45. The number of hydrogen-bond donors (Lipinski definition) is 0. The van der Waals surface area contributed by atoms with Crippen LogP contribution in [0.15, 0.2) is 18.2 Å². The van der Waals surface area contributed by atoms with Crippen molar-refractivity contribution in [1.82, 2.24) is 0 Å². The molecular weight excluding hydrogens is 199 g/mol. The summed E-state index contributed by atoms with van der Waals surface area (Å²) in [4.78, 5) is 0. The molecule has 0 N–H and O–H groups in total. The van der Waals surface area contributed by atoms with Gasteiger partial charge in [0.1, 0.15) is 17.2 Å². The molecule has 0 saturated heterocycles. The third-order valence-electron chi connectivity index (χ3n) is 1.87. The van der Waals surface area contributed by atoms with Gasteiger partial charge in [0, 0.05) is 24.6 Å². The van der Waals surface area contributed by atoms with Crippen molar-refractivity contribution >= 4 is 0 Å². The van der Waals surface area contributed by atoms with Gasteiger partial charge in [-0.25, -0.2) is 0 Å². The van der Waals surface area contributed by atoms with Gasteiger partial charge in [-0.3, -0.25) is 4.39 Å². The second-order valence-corrected chi connectivity index (χ2v) is 2.94. The first-order valence-electron chi connectivity index (χ1n) is 4.72. The van der Waals surface area contributed by atoms with Gasteiger partial charge in [-0.15, -0.1) is 0 Å². The second-order valence-electron chi connectivity index (χ2n) is 2.94. The molecule has 1 rings (SSSR count). The first-order chi connectivity index (χ1) is 7.30. The zero-order valence-electron chi connectivity index (χ0n) is 8.96. The van der Waals surface area contributed by atoms with Crippen molar-refractivity contribution in [2.75, 3.05) is 27.5 Å². The van der Waals surface area contributed by atoms with E-state index in [4.69, 9.17) is 14.2 Å². The number of ether oxygens (including phenoxy) is 3. The van der Waals surface area contributed by atoms with E-state index in [0.717, 1.165) is 0 Å². The molecule has 0 aliphatic rings. The number of halogens is 1. The van der Waals surface area contributed by atoms with Crippen molar-refractivity contribution in [3.63, 3.8) is 0 Å². The molecular formula is C11H15FO3. The summed E-state index contributed by atoms with van der Waals surface area (Å²) in [6, 6.07) is 5.23. The van der Waals surface area contributed by atoms with Crippen molar-refractivity contribution in [3.05, 3.63) is 18.2 Å². The van der Waals surface area contributed by atoms with Crippen molar-refractivity contribution in [1.29, 1.82) is 0 Å². The van der Waals surface area contributed by atoms with Crippen LogP contribution in [0.5, 0.6) is 17.2 Å². The Morgan fingerprint density at radius 1 is 1.00 bits per heavy atom. The van der Waals surface area contributed by atoms with Gasteiger partial charge in [-0.1, -0.05) is 0 Å². The Morgan fingerprint density at radius 2 is 1.53 bits per heavy atom. The van der Waals surface area contributed by atoms with Crippen molar-refractivity contribution < 1.29 is 18.6 Å². The van der Waals surface area contributed by atoms with Gasteiger partial charge >= 0.3 is 0 Å². The zero-order valence-corrected chi connectivity index (χ0v) is 8.96. The lowest BCUT2D eigenvalue weighted by atomic mass is 10.3. The molecule has 4 heteroatoms. The minimum Gasteiger partial charge on any atom is -0.496 e. The Labute approximate surface area is 88.8 Å². The van der Waals surface area contributed by atoms with Gasteiger partial charge in [-0.2, -0.15) is 0 Å². The van der Waals surface area contributed by atoms with E-state index in [-0.39, 0.29) is 6.67 Å². The number of methoxy groups -OCH3 is 2. The third kappa shape index (κ3) is 3.65. The normalized spacial score (nSPS) is 9.80. The lowest BCUT2D eigenvalue weighted by molar-refractivity contribution is 0.286. The van der Waals surface area contributed by atoms with Gasteiger partial charge in [0.25, 0.3) is 0 Å². The maximum atomic E-state index is 11.9. The molecule has 0 bridgehead atoms. The average Bonchev–Trinajstić information content (AvgIpc) is 2.29. The van der Waals surface area contributed by atoms with Crippen LogP contribution in [0, 0.1) is 0 Å². The molecule has 1 aromatic carbocycles. The topological polar surface area (TPSA) is 27.7 Å². The summed E-state index contributed by atoms with van der Waals surface area (Å²) >= 11 is 0. The van der Waals surface area contributed by atoms with Gasteiger partial charge < -0.3 is 14.2 Å². The van der Waals surface area contributed by atoms with Crippen LogP contribution in [-0.4, -0.2) is 27.5 Å². The predicted molar refractivity (Wildman–Crippen MR) is 55.6 cm³/mol. The average molecular weight is 214 g/mol. The highest BCUT2D eigenvalue weighted by atomic mass is 19.1. The summed E-state index contributed by atoms with van der Waals surface area (Å²) < 4.78 is 27.3. The fourth-order valence-electron chi connectivity index (χ4n) is 1.11. The molecule has 0 aliphatic heterocycles. The molecule has 0 fully saturated rings. The molecule has 0 radical (unpaired) electrons. The van der Waals surface area contributed by atoms with E-state index in [0.29, 0.717) is 30.3 Å². The van der Waals surface area contributed by atoms with Crippen LogP contribution in [0.4, 0.5) is 4.39 Å². The minimum absolute atomic E-state index is 0.354. The van der Waals surface area contributed by atoms with Crippen LogP contribution in [0.25, 0.3) is 0 Å². The lowest BCUT2D eigenvalue weighted by Gasteiger charge is -2.09. The summed E-state index contributed by atoms with van der Waals surface area (Å²) in [6.45, 7) is -0.0199. The highest BCUT2D eigenvalue weighted by molar-refractivity contribution is 5.41. The Bertz CT molecular complexity index is 280. The molecule has 0 amide bonds. The highest BCUT2D eigenvalue weighted by Gasteiger charge is 2.02. The van der Waals surface area contributed by atoms with E-state index in [1.165, 1.54) is 0 Å². The van der Waals surface area contributed by atoms with Crippen LogP contribution >= 0.6 is 0 Å². The van der Waals surface area contributed by atoms with E-state index in [2.05, 4.69) is 0 Å². The summed E-state index contributed by atoms with van der Waals surface area (Å²) in [5.41, 5.74) is 0. The molecule has 0 aliphatic carbocycles. The molecule has 0 aromatic heterocycles. The monoisotopic (exact) mass is 214 g/mol. The van der Waals surface area contributed by atoms with Crippen molar-refractivity contribution in [2.24, 2.45) is 0 Å². The molecule has 15 heavy (non-hydrogen) atoms. The van der Waals surface area contributed by atoms with Crippen LogP contribution < -0.4 is 14.2 Å². The summed E-state index contributed by atoms with van der Waals surface area (Å²) in [6.07, 6.45) is 0.388. The smallest absolute Gasteiger partial charge is 0.126 e. The van der Waals surface area contributed by atoms with Crippen molar-refractivity contribution in [3.8, 4) is 17.2 Å². The molecule has 0 atom stereocenters. The van der Waals surface area contributed by atoms with Gasteiger partial charge in [0.05, 0.1) is 27.5 Å². The summed E-state index contributed by atoms with van der Waals surface area (Å²) in [7, 11) is 3.14. The molecule has 0 heterocycles. The van der Waals surface area contributed by atoms with E-state index in [1.807, 2.05) is 0 Å². The van der Waals surface area contributed by atoms with Crippen LogP contribution in [0.1, 0.15) is 6.42 Å². The number of hydrogen-bond acceptors (Lipinski definition) is 3. The van der Waals surface area contributed by atoms with Gasteiger partial charge in [0.2, 0.25) is 0 Å². The highest BCUT2D eigenvalue weighted by Crippen LogP contribution is 2.27. The van der Waals surface area contributed by atoms with Crippen molar-refractivity contribution in [2.45, 2.75) is 6.42 Å². The Balaban J connectivity index is 2.68. The van der Waals surface area contributed by atoms with Crippen LogP contribution in [0.2, 0.25) is 0 Å². The molecule has 0 spiro atoms. The number of rotatable bonds is 6. The van der Waals surface area contributed by atoms with Gasteiger partial charge in [0.15, 0.2) is 0 Å². The Kier molecular flexibility index (Phi) is 4.74. The fourth-order valence-corrected chi connectivity index (χ4v) is 1.11. The molecule has 84 valence electrons.